The average molecular weight is 527 g/mol. The monoisotopic (exact) mass is 526 g/mol. The number of nitrogens with zero attached hydrogens (tertiary/aromatic N) is 3. The smallest absolute Gasteiger partial charge is 0.410 e. The molecule has 3 N–H and O–H groups in total. The predicted molar refractivity (Wildman–Crippen MR) is 143 cm³/mol. The van der Waals surface area contributed by atoms with Gasteiger partial charge in [-0.15, -0.1) is 0 Å². The van der Waals surface area contributed by atoms with Crippen LogP contribution in [0.1, 0.15) is 52.0 Å². The molecule has 10 nitrogen and oxygen atoms in total. The molecule has 1 aromatic carbocycles. The Bertz CT molecular complexity index is 1200. The van der Waals surface area contributed by atoms with E-state index in [9.17, 15) is 14.0 Å². The molecule has 1 saturated heterocycles. The highest BCUT2D eigenvalue weighted by Gasteiger charge is 2.36. The van der Waals surface area contributed by atoms with Gasteiger partial charge >= 0.3 is 6.09 Å². The summed E-state index contributed by atoms with van der Waals surface area (Å²) in [4.78, 5) is 35.2. The molecular weight excluding hydrogens is 491 g/mol. The number of ether oxygens (including phenoxy) is 2. The molecule has 1 aromatic heterocycles. The van der Waals surface area contributed by atoms with Gasteiger partial charge in [-0.1, -0.05) is 11.8 Å². The third-order valence-electron chi connectivity index (χ3n) is 5.62. The number of hydrogen-bond donors (Lipinski definition) is 3. The zero-order valence-electron chi connectivity index (χ0n) is 22.5. The summed E-state index contributed by atoms with van der Waals surface area (Å²) >= 11 is 0. The number of halogens is 1. The normalized spacial score (nSPS) is 14.8. The molecule has 0 radical (unpaired) electrons. The molecule has 3 rings (SSSR count). The number of nitrogens with one attached hydrogen (secondary N) is 3. The fourth-order valence-corrected chi connectivity index (χ4v) is 3.84. The van der Waals surface area contributed by atoms with Gasteiger partial charge in [0.05, 0.1) is 18.9 Å². The summed E-state index contributed by atoms with van der Waals surface area (Å²) in [5.74, 6) is 6.42. The molecule has 1 atom stereocenters. The number of carbonyl (C=O) groups excluding carboxylic acids is 2. The van der Waals surface area contributed by atoms with Crippen LogP contribution in [0.15, 0.2) is 24.4 Å². The van der Waals surface area contributed by atoms with Crippen LogP contribution in [0, 0.1) is 17.7 Å². The van der Waals surface area contributed by atoms with Crippen molar-refractivity contribution in [1.82, 2.24) is 20.2 Å². The predicted octanol–water partition coefficient (Wildman–Crippen LogP) is 4.06. The van der Waals surface area contributed by atoms with Crippen molar-refractivity contribution in [2.45, 2.75) is 58.1 Å². The maximum atomic E-state index is 13.9. The molecule has 1 aliphatic heterocycles. The first-order chi connectivity index (χ1) is 18.1. The lowest BCUT2D eigenvalue weighted by Crippen LogP contribution is -2.47. The third kappa shape index (κ3) is 7.96. The summed E-state index contributed by atoms with van der Waals surface area (Å²) in [6.45, 7) is 6.37. The molecular formula is C27H35FN6O4. The van der Waals surface area contributed by atoms with Crippen molar-refractivity contribution in [2.75, 3.05) is 37.9 Å². The van der Waals surface area contributed by atoms with Crippen LogP contribution in [0.25, 0.3) is 0 Å². The SMILES string of the molecule is CNc1nc(Nc2ccc(OC)c(F)c2)ncc1C#CCCCNC(=O)[C@@H]1CCCN1C(=O)OC(C)(C)C. The second kappa shape index (κ2) is 12.9. The van der Waals surface area contributed by atoms with Gasteiger partial charge in [0.1, 0.15) is 17.5 Å². The van der Waals surface area contributed by atoms with Gasteiger partial charge in [-0.05, 0) is 52.2 Å². The Kier molecular flexibility index (Phi) is 9.71. The molecule has 0 spiro atoms. The van der Waals surface area contributed by atoms with Crippen molar-refractivity contribution in [1.29, 1.82) is 0 Å². The van der Waals surface area contributed by atoms with E-state index < -0.39 is 23.6 Å². The standard InChI is InChI=1S/C27H35FN6O4/c1-27(2,3)38-26(36)34-15-9-11-21(34)24(35)30-14-8-6-7-10-18-17-31-25(33-23(18)29-4)32-19-12-13-22(37-5)20(28)16-19/h12-13,16-17,21H,6,8-9,11,14-15H2,1-5H3,(H,30,35)(H2,29,31,32,33)/t21-/m0/s1. The maximum Gasteiger partial charge on any atom is 0.410 e. The second-order valence-electron chi connectivity index (χ2n) is 9.71. The molecule has 0 unspecified atom stereocenters. The van der Waals surface area contributed by atoms with E-state index in [0.717, 1.165) is 6.42 Å². The van der Waals surface area contributed by atoms with Crippen molar-refractivity contribution in [3.05, 3.63) is 35.8 Å². The van der Waals surface area contributed by atoms with Crippen LogP contribution in [-0.4, -0.2) is 65.8 Å². The number of amides is 2. The summed E-state index contributed by atoms with van der Waals surface area (Å²) < 4.78 is 24.3. The van der Waals surface area contributed by atoms with Gasteiger partial charge in [-0.2, -0.15) is 4.98 Å². The Balaban J connectivity index is 1.48. The lowest BCUT2D eigenvalue weighted by atomic mass is 10.2. The van der Waals surface area contributed by atoms with Crippen LogP contribution in [0.4, 0.5) is 26.6 Å². The number of likely N-dealkylation sites (tertiary alicyclic amines) is 1. The molecule has 11 heteroatoms. The fourth-order valence-electron chi connectivity index (χ4n) is 3.84. The highest BCUT2D eigenvalue weighted by atomic mass is 19.1. The van der Waals surface area contributed by atoms with Crippen molar-refractivity contribution in [3.8, 4) is 17.6 Å². The number of hydrogen-bond acceptors (Lipinski definition) is 8. The minimum atomic E-state index is -0.607. The molecule has 2 amide bonds. The van der Waals surface area contributed by atoms with Gasteiger partial charge in [0.25, 0.3) is 0 Å². The van der Waals surface area contributed by atoms with E-state index in [4.69, 9.17) is 9.47 Å². The lowest BCUT2D eigenvalue weighted by molar-refractivity contribution is -0.125. The summed E-state index contributed by atoms with van der Waals surface area (Å²) in [5, 5.41) is 8.85. The van der Waals surface area contributed by atoms with Crippen molar-refractivity contribution >= 4 is 29.5 Å². The molecule has 1 aliphatic rings. The Morgan fingerprint density at radius 1 is 1.29 bits per heavy atom. The Labute approximate surface area is 222 Å². The van der Waals surface area contributed by atoms with Crippen LogP contribution in [0.3, 0.4) is 0 Å². The van der Waals surface area contributed by atoms with Gasteiger partial charge in [0, 0.05) is 38.3 Å². The van der Waals surface area contributed by atoms with Crippen molar-refractivity contribution in [2.24, 2.45) is 0 Å². The van der Waals surface area contributed by atoms with Crippen molar-refractivity contribution < 1.29 is 23.5 Å². The fraction of sp³-hybridized carbons (Fsp3) is 0.481. The highest BCUT2D eigenvalue weighted by Crippen LogP contribution is 2.23. The number of methoxy groups -OCH3 is 1. The molecule has 0 saturated carbocycles. The molecule has 38 heavy (non-hydrogen) atoms. The molecule has 2 heterocycles. The average Bonchev–Trinajstić information content (AvgIpc) is 3.36. The Morgan fingerprint density at radius 2 is 2.08 bits per heavy atom. The molecule has 204 valence electrons. The van der Waals surface area contributed by atoms with Gasteiger partial charge < -0.3 is 25.4 Å². The van der Waals surface area contributed by atoms with Crippen LogP contribution in [0.5, 0.6) is 5.75 Å². The van der Waals surface area contributed by atoms with E-state index >= 15 is 0 Å². The van der Waals surface area contributed by atoms with E-state index in [1.165, 1.54) is 24.1 Å². The number of unbranched alkanes of at least 4 members (excludes halogenated alkanes) is 1. The van der Waals surface area contributed by atoms with Gasteiger partial charge in [-0.25, -0.2) is 14.2 Å². The summed E-state index contributed by atoms with van der Waals surface area (Å²) in [5.41, 5.74) is 0.490. The highest BCUT2D eigenvalue weighted by molar-refractivity contribution is 5.86. The minimum absolute atomic E-state index is 0.152. The largest absolute Gasteiger partial charge is 0.494 e. The first-order valence-corrected chi connectivity index (χ1v) is 12.5. The molecule has 2 aromatic rings. The number of carbonyl (C=O) groups is 2. The number of rotatable bonds is 8. The Hall–Kier alpha value is -4.07. The van der Waals surface area contributed by atoms with Crippen LogP contribution >= 0.6 is 0 Å². The Morgan fingerprint density at radius 3 is 2.76 bits per heavy atom. The quantitative estimate of drug-likeness (QED) is 0.348. The van der Waals surface area contributed by atoms with E-state index in [1.54, 1.807) is 40.1 Å². The number of benzene rings is 1. The first-order valence-electron chi connectivity index (χ1n) is 12.5. The van der Waals surface area contributed by atoms with E-state index in [0.29, 0.717) is 55.4 Å². The minimum Gasteiger partial charge on any atom is -0.494 e. The van der Waals surface area contributed by atoms with Gasteiger partial charge in [0.15, 0.2) is 11.6 Å². The molecule has 1 fully saturated rings. The topological polar surface area (TPSA) is 118 Å². The van der Waals surface area contributed by atoms with E-state index in [-0.39, 0.29) is 11.7 Å². The van der Waals surface area contributed by atoms with E-state index in [2.05, 4.69) is 37.8 Å². The molecule has 0 bridgehead atoms. The zero-order chi connectivity index (χ0) is 27.7. The van der Waals surface area contributed by atoms with Crippen LogP contribution < -0.4 is 20.7 Å². The third-order valence-corrected chi connectivity index (χ3v) is 5.62. The first kappa shape index (κ1) is 28.5. The van der Waals surface area contributed by atoms with Crippen LogP contribution in [-0.2, 0) is 9.53 Å². The summed E-state index contributed by atoms with van der Waals surface area (Å²) in [7, 11) is 3.13. The zero-order valence-corrected chi connectivity index (χ0v) is 22.5. The van der Waals surface area contributed by atoms with Crippen LogP contribution in [0.2, 0.25) is 0 Å². The second-order valence-corrected chi connectivity index (χ2v) is 9.71. The lowest BCUT2D eigenvalue weighted by Gasteiger charge is -2.28. The van der Waals surface area contributed by atoms with Gasteiger partial charge in [0.2, 0.25) is 11.9 Å². The summed E-state index contributed by atoms with van der Waals surface area (Å²) in [6, 6.07) is 3.98. The number of anilines is 3. The number of aromatic nitrogens is 2. The molecule has 0 aliphatic carbocycles. The summed E-state index contributed by atoms with van der Waals surface area (Å²) in [6.07, 6.45) is 3.72. The maximum absolute atomic E-state index is 13.9. The van der Waals surface area contributed by atoms with Crippen molar-refractivity contribution in [3.63, 3.8) is 0 Å². The van der Waals surface area contributed by atoms with E-state index in [1.807, 2.05) is 0 Å². The van der Waals surface area contributed by atoms with Gasteiger partial charge in [-0.3, -0.25) is 9.69 Å².